The van der Waals surface area contributed by atoms with Crippen molar-refractivity contribution in [3.63, 3.8) is 0 Å². The van der Waals surface area contributed by atoms with Gasteiger partial charge in [-0.15, -0.1) is 0 Å². The fraction of sp³-hybridized carbons (Fsp3) is 0.0909. The zero-order valence-corrected chi connectivity index (χ0v) is 24.2. The van der Waals surface area contributed by atoms with Crippen LogP contribution in [0.1, 0.15) is 11.4 Å². The van der Waals surface area contributed by atoms with Crippen molar-refractivity contribution in [2.45, 2.75) is 13.8 Å². The van der Waals surface area contributed by atoms with Gasteiger partial charge in [-0.1, -0.05) is 59.1 Å². The molecule has 4 rings (SSSR count). The number of aryl methyl sites for hydroxylation is 2. The maximum Gasteiger partial charge on any atom is 0.338 e. The normalized spacial score (nSPS) is 9.05. The highest BCUT2D eigenvalue weighted by Gasteiger charge is 2.09. The minimum absolute atomic E-state index is 0.587. The number of nitrogens with zero attached hydrogens (tertiary/aromatic N) is 2. The Morgan fingerprint density at radius 3 is 1.20 bits per heavy atom. The lowest BCUT2D eigenvalue weighted by Crippen LogP contribution is -2.22. The number of hydrogen-bond donors (Lipinski definition) is 4. The summed E-state index contributed by atoms with van der Waals surface area (Å²) in [4.78, 5) is 22.8. The molecular formula is C22H24N8O6S4. The number of H-pyrrole nitrogens is 2. The van der Waals surface area contributed by atoms with Crippen molar-refractivity contribution >= 4 is 79.0 Å². The Hall–Kier alpha value is -4.52. The highest BCUT2D eigenvalue weighted by molar-refractivity contribution is 7.81. The second-order valence-electron chi connectivity index (χ2n) is 7.08. The molecule has 0 aliphatic heterocycles. The number of hydrogen-bond acceptors (Lipinski definition) is 10. The van der Waals surface area contributed by atoms with Crippen LogP contribution >= 0.6 is 47.1 Å². The van der Waals surface area contributed by atoms with Gasteiger partial charge in [0.05, 0.1) is 10.2 Å². The molecule has 2 aromatic heterocycles. The van der Waals surface area contributed by atoms with Gasteiger partial charge in [-0.25, -0.2) is 20.6 Å². The number of benzene rings is 2. The van der Waals surface area contributed by atoms with Crippen LogP contribution in [0.5, 0.6) is 0 Å². The maximum atomic E-state index is 8.25. The first kappa shape index (κ1) is 33.5. The molecule has 40 heavy (non-hydrogen) atoms. The summed E-state index contributed by atoms with van der Waals surface area (Å²) >= 11 is 13.6. The van der Waals surface area contributed by atoms with Gasteiger partial charge in [0.25, 0.3) is 10.2 Å². The van der Waals surface area contributed by atoms with Crippen LogP contribution in [0.25, 0.3) is 0 Å². The monoisotopic (exact) mass is 624 g/mol. The van der Waals surface area contributed by atoms with E-state index in [1.807, 2.05) is 85.3 Å². The predicted molar refractivity (Wildman–Crippen MR) is 165 cm³/mol. The summed E-state index contributed by atoms with van der Waals surface area (Å²) < 4.78 is 0. The highest BCUT2D eigenvalue weighted by Crippen LogP contribution is 2.12. The van der Waals surface area contributed by atoms with Crippen molar-refractivity contribution in [2.24, 2.45) is 0 Å². The molecule has 0 saturated heterocycles. The summed E-state index contributed by atoms with van der Waals surface area (Å²) in [5.41, 5.74) is 4.20. The minimum Gasteiger partial charge on any atom is -0.356 e. The van der Waals surface area contributed by atoms with E-state index < -0.39 is 10.2 Å². The average Bonchev–Trinajstić information content (AvgIpc) is 3.47. The molecule has 0 unspecified atom stereocenters. The van der Waals surface area contributed by atoms with Gasteiger partial charge >= 0.3 is 10.3 Å². The molecule has 0 radical (unpaired) electrons. The lowest BCUT2D eigenvalue weighted by molar-refractivity contribution is -0.403. The van der Waals surface area contributed by atoms with Crippen molar-refractivity contribution < 1.29 is 20.1 Å². The zero-order valence-electron chi connectivity index (χ0n) is 20.9. The van der Waals surface area contributed by atoms with Crippen LogP contribution in [0, 0.1) is 44.5 Å². The molecule has 18 heteroatoms. The fourth-order valence-corrected chi connectivity index (χ4v) is 4.50. The SMILES string of the molecule is Cc1csc(NC(=S)Nc2ccccc2)[nH+]1.Cc1csc(NC(=S)Nc2ccccc2)[nH+]1.O=[N+]([O-])[O-].O=[N+]([O-])[O-]. The van der Waals surface area contributed by atoms with Gasteiger partial charge in [-0.05, 0) is 62.5 Å². The van der Waals surface area contributed by atoms with Gasteiger partial charge < -0.3 is 41.3 Å². The highest BCUT2D eigenvalue weighted by atomic mass is 32.1. The molecule has 0 aliphatic rings. The lowest BCUT2D eigenvalue weighted by atomic mass is 10.3. The van der Waals surface area contributed by atoms with E-state index in [0.717, 1.165) is 33.0 Å². The molecule has 0 amide bonds. The third-order valence-corrected chi connectivity index (χ3v) is 6.08. The quantitative estimate of drug-likeness (QED) is 0.136. The zero-order chi connectivity index (χ0) is 29.9. The topological polar surface area (TPSA) is 209 Å². The number of thiocarbonyl (C=S) groups is 2. The molecule has 14 nitrogen and oxygen atoms in total. The van der Waals surface area contributed by atoms with E-state index in [1.165, 1.54) is 0 Å². The second-order valence-corrected chi connectivity index (χ2v) is 9.66. The van der Waals surface area contributed by atoms with Gasteiger partial charge in [0.2, 0.25) is 0 Å². The molecule has 212 valence electrons. The number of aromatic nitrogens is 2. The number of thiazole rings is 2. The number of anilines is 4. The Morgan fingerprint density at radius 1 is 0.650 bits per heavy atom. The van der Waals surface area contributed by atoms with E-state index in [2.05, 4.69) is 31.2 Å². The van der Waals surface area contributed by atoms with Crippen LogP contribution < -0.4 is 31.2 Å². The van der Waals surface area contributed by atoms with E-state index in [1.54, 1.807) is 22.7 Å². The molecule has 6 N–H and O–H groups in total. The summed E-state index contributed by atoms with van der Waals surface area (Å²) in [6, 6.07) is 19.7. The first-order valence-corrected chi connectivity index (χ1v) is 13.4. The van der Waals surface area contributed by atoms with E-state index >= 15 is 0 Å². The van der Waals surface area contributed by atoms with Gasteiger partial charge in [-0.2, -0.15) is 0 Å². The van der Waals surface area contributed by atoms with Crippen molar-refractivity contribution in [1.29, 1.82) is 0 Å². The number of rotatable bonds is 4. The smallest absolute Gasteiger partial charge is 0.338 e. The predicted octanol–water partition coefficient (Wildman–Crippen LogP) is 4.88. The lowest BCUT2D eigenvalue weighted by Gasteiger charge is -2.02. The average molecular weight is 625 g/mol. The summed E-state index contributed by atoms with van der Waals surface area (Å²) in [6.45, 7) is 4.02. The van der Waals surface area contributed by atoms with Gasteiger partial charge in [0.15, 0.2) is 0 Å². The summed E-state index contributed by atoms with van der Waals surface area (Å²) in [5.74, 6) is 0. The Morgan fingerprint density at radius 2 is 0.950 bits per heavy atom. The Balaban J connectivity index is 0.000000317. The third-order valence-electron chi connectivity index (χ3n) is 3.85. The molecule has 4 aromatic rings. The Kier molecular flexibility index (Phi) is 15.7. The van der Waals surface area contributed by atoms with Crippen LogP contribution in [0.3, 0.4) is 0 Å². The second kappa shape index (κ2) is 18.7. The molecule has 0 saturated carbocycles. The first-order chi connectivity index (χ1) is 18.9. The van der Waals surface area contributed by atoms with E-state index in [0.29, 0.717) is 10.2 Å². The molecule has 0 bridgehead atoms. The van der Waals surface area contributed by atoms with Crippen LogP contribution in [0.15, 0.2) is 71.4 Å². The molecule has 0 aliphatic carbocycles. The van der Waals surface area contributed by atoms with Gasteiger partial charge in [-0.3, -0.25) is 0 Å². The van der Waals surface area contributed by atoms with Crippen molar-refractivity contribution in [3.8, 4) is 0 Å². The number of aromatic amines is 2. The summed E-state index contributed by atoms with van der Waals surface area (Å²) in [7, 11) is 0. The Bertz CT molecular complexity index is 1240. The van der Waals surface area contributed by atoms with Crippen molar-refractivity contribution in [2.75, 3.05) is 21.3 Å². The van der Waals surface area contributed by atoms with Crippen molar-refractivity contribution in [3.05, 3.63) is 113 Å². The largest absolute Gasteiger partial charge is 0.356 e. The Labute approximate surface area is 247 Å². The summed E-state index contributed by atoms with van der Waals surface area (Å²) in [5, 5.41) is 49.0. The van der Waals surface area contributed by atoms with Crippen molar-refractivity contribution in [1.82, 2.24) is 0 Å². The maximum absolute atomic E-state index is 8.25. The summed E-state index contributed by atoms with van der Waals surface area (Å²) in [6.07, 6.45) is 0. The molecule has 2 heterocycles. The minimum atomic E-state index is -1.75. The van der Waals surface area contributed by atoms with Crippen LogP contribution in [-0.4, -0.2) is 20.4 Å². The molecule has 0 spiro atoms. The van der Waals surface area contributed by atoms with E-state index in [-0.39, 0.29) is 0 Å². The van der Waals surface area contributed by atoms with Crippen LogP contribution in [0.2, 0.25) is 0 Å². The molecule has 0 atom stereocenters. The standard InChI is InChI=1S/2C11H11N3S2.2NO3/c2*1-8-7-16-11(12-8)14-10(15)13-9-5-3-2-4-6-9;2*2-1(3)4/h2*2-7H,1H3,(H2,12,13,14,15);;/q;;2*-1/p+2. The van der Waals surface area contributed by atoms with E-state index in [9.17, 15) is 0 Å². The number of nitrogens with one attached hydrogen (secondary N) is 6. The van der Waals surface area contributed by atoms with Crippen LogP contribution in [0.4, 0.5) is 21.6 Å². The fourth-order valence-electron chi connectivity index (χ4n) is 2.47. The van der Waals surface area contributed by atoms with Gasteiger partial charge in [0, 0.05) is 22.1 Å². The molecule has 2 aromatic carbocycles. The van der Waals surface area contributed by atoms with Gasteiger partial charge in [0.1, 0.15) is 11.4 Å². The van der Waals surface area contributed by atoms with Crippen LogP contribution in [-0.2, 0) is 0 Å². The molecule has 0 fully saturated rings. The number of para-hydroxylation sites is 2. The molecular weight excluding hydrogens is 601 g/mol. The van der Waals surface area contributed by atoms with E-state index in [4.69, 9.17) is 55.1 Å². The first-order valence-electron chi connectivity index (χ1n) is 10.8. The third kappa shape index (κ3) is 17.1.